The lowest BCUT2D eigenvalue weighted by atomic mass is 10.2. The van der Waals surface area contributed by atoms with Crippen LogP contribution >= 0.6 is 0 Å². The normalized spacial score (nSPS) is 10.3. The average molecular weight is 276 g/mol. The van der Waals surface area contributed by atoms with Gasteiger partial charge < -0.3 is 15.4 Å². The minimum atomic E-state index is -0.262. The van der Waals surface area contributed by atoms with Crippen LogP contribution in [0.4, 0.5) is 15.9 Å². The minimum Gasteiger partial charge on any atom is -0.476 e. The number of halogens is 1. The van der Waals surface area contributed by atoms with Gasteiger partial charge in [0.25, 0.3) is 0 Å². The Bertz CT molecular complexity index is 591. The van der Waals surface area contributed by atoms with Gasteiger partial charge in [0.1, 0.15) is 17.8 Å². The van der Waals surface area contributed by atoms with E-state index < -0.39 is 0 Å². The van der Waals surface area contributed by atoms with Gasteiger partial charge in [-0.25, -0.2) is 9.37 Å². The van der Waals surface area contributed by atoms with Crippen LogP contribution in [0.25, 0.3) is 0 Å². The minimum absolute atomic E-state index is 0.262. The summed E-state index contributed by atoms with van der Waals surface area (Å²) in [7, 11) is 1.83. The zero-order valence-corrected chi connectivity index (χ0v) is 11.5. The molecule has 0 amide bonds. The number of anilines is 2. The molecule has 0 saturated carbocycles. The van der Waals surface area contributed by atoms with Gasteiger partial charge in [0, 0.05) is 13.6 Å². The van der Waals surface area contributed by atoms with Gasteiger partial charge in [-0.3, -0.25) is 0 Å². The van der Waals surface area contributed by atoms with Gasteiger partial charge in [0.15, 0.2) is 5.82 Å². The van der Waals surface area contributed by atoms with E-state index in [0.29, 0.717) is 30.5 Å². The maximum atomic E-state index is 13.2. The number of nitrogens with two attached hydrogens (primary N) is 1. The third-order valence-corrected chi connectivity index (χ3v) is 2.78. The van der Waals surface area contributed by atoms with Crippen molar-refractivity contribution in [2.75, 3.05) is 24.3 Å². The molecule has 0 bridgehead atoms. The summed E-state index contributed by atoms with van der Waals surface area (Å²) in [5.41, 5.74) is 7.21. The predicted molar refractivity (Wildman–Crippen MR) is 76.1 cm³/mol. The summed E-state index contributed by atoms with van der Waals surface area (Å²) < 4.78 is 18.5. The fraction of sp³-hybridized carbons (Fsp3) is 0.286. The van der Waals surface area contributed by atoms with Crippen molar-refractivity contribution in [3.8, 4) is 5.88 Å². The van der Waals surface area contributed by atoms with Crippen LogP contribution in [0.1, 0.15) is 12.5 Å². The Morgan fingerprint density at radius 1 is 1.35 bits per heavy atom. The van der Waals surface area contributed by atoms with Gasteiger partial charge >= 0.3 is 0 Å². The molecule has 2 aromatic rings. The average Bonchev–Trinajstić information content (AvgIpc) is 2.41. The number of hydrogen-bond donors (Lipinski definition) is 1. The highest BCUT2D eigenvalue weighted by atomic mass is 19.1. The number of nitrogen functional groups attached to an aromatic ring is 1. The Morgan fingerprint density at radius 2 is 2.15 bits per heavy atom. The lowest BCUT2D eigenvalue weighted by Crippen LogP contribution is -2.20. The fourth-order valence-corrected chi connectivity index (χ4v) is 1.91. The maximum Gasteiger partial charge on any atom is 0.242 e. The lowest BCUT2D eigenvalue weighted by Gasteiger charge is -2.20. The largest absolute Gasteiger partial charge is 0.476 e. The summed E-state index contributed by atoms with van der Waals surface area (Å²) in [5.74, 6) is 0.665. The summed E-state index contributed by atoms with van der Waals surface area (Å²) in [6, 6.07) is 6.42. The topological polar surface area (TPSA) is 64.3 Å². The van der Waals surface area contributed by atoms with Crippen molar-refractivity contribution in [1.29, 1.82) is 0 Å². The molecule has 5 nitrogen and oxygen atoms in total. The van der Waals surface area contributed by atoms with Crippen molar-refractivity contribution in [1.82, 2.24) is 9.97 Å². The van der Waals surface area contributed by atoms with E-state index in [2.05, 4.69) is 9.97 Å². The first-order valence-corrected chi connectivity index (χ1v) is 6.30. The molecular weight excluding hydrogens is 259 g/mol. The first-order valence-electron chi connectivity index (χ1n) is 6.30. The molecule has 20 heavy (non-hydrogen) atoms. The summed E-state index contributed by atoms with van der Waals surface area (Å²) >= 11 is 0. The van der Waals surface area contributed by atoms with Crippen molar-refractivity contribution in [3.63, 3.8) is 0 Å². The molecule has 6 heteroatoms. The molecule has 0 aliphatic heterocycles. The Labute approximate surface area is 117 Å². The molecule has 2 N–H and O–H groups in total. The molecule has 1 heterocycles. The van der Waals surface area contributed by atoms with E-state index in [1.54, 1.807) is 6.07 Å². The number of aromatic nitrogens is 2. The van der Waals surface area contributed by atoms with E-state index in [1.165, 1.54) is 18.5 Å². The van der Waals surface area contributed by atoms with E-state index in [4.69, 9.17) is 10.5 Å². The van der Waals surface area contributed by atoms with Crippen LogP contribution in [-0.2, 0) is 6.54 Å². The molecule has 0 spiro atoms. The molecule has 0 unspecified atom stereocenters. The smallest absolute Gasteiger partial charge is 0.242 e. The lowest BCUT2D eigenvalue weighted by molar-refractivity contribution is 0.328. The zero-order valence-electron chi connectivity index (χ0n) is 11.5. The van der Waals surface area contributed by atoms with E-state index in [9.17, 15) is 4.39 Å². The second-order valence-electron chi connectivity index (χ2n) is 4.34. The number of rotatable bonds is 5. The van der Waals surface area contributed by atoms with E-state index in [1.807, 2.05) is 24.9 Å². The molecule has 1 aromatic carbocycles. The van der Waals surface area contributed by atoms with Gasteiger partial charge in [0.2, 0.25) is 5.88 Å². The third kappa shape index (κ3) is 3.14. The molecule has 0 aliphatic rings. The maximum absolute atomic E-state index is 13.2. The van der Waals surface area contributed by atoms with E-state index >= 15 is 0 Å². The molecule has 0 atom stereocenters. The van der Waals surface area contributed by atoms with Crippen molar-refractivity contribution in [2.45, 2.75) is 13.5 Å². The summed E-state index contributed by atoms with van der Waals surface area (Å²) in [6.07, 6.45) is 1.40. The Morgan fingerprint density at radius 3 is 2.85 bits per heavy atom. The monoisotopic (exact) mass is 276 g/mol. The van der Waals surface area contributed by atoms with Gasteiger partial charge in [-0.1, -0.05) is 12.1 Å². The quantitative estimate of drug-likeness (QED) is 0.907. The van der Waals surface area contributed by atoms with Crippen molar-refractivity contribution in [3.05, 3.63) is 42.0 Å². The van der Waals surface area contributed by atoms with Crippen LogP contribution in [0, 0.1) is 5.82 Å². The highest BCUT2D eigenvalue weighted by Gasteiger charge is 2.13. The van der Waals surface area contributed by atoms with Gasteiger partial charge in [-0.05, 0) is 24.6 Å². The van der Waals surface area contributed by atoms with Gasteiger partial charge in [-0.15, -0.1) is 0 Å². The highest BCUT2D eigenvalue weighted by molar-refractivity contribution is 5.67. The summed E-state index contributed by atoms with van der Waals surface area (Å²) in [6.45, 7) is 2.83. The number of hydrogen-bond acceptors (Lipinski definition) is 5. The first kappa shape index (κ1) is 14.0. The van der Waals surface area contributed by atoms with E-state index in [-0.39, 0.29) is 5.82 Å². The second-order valence-corrected chi connectivity index (χ2v) is 4.34. The molecule has 0 fully saturated rings. The molecule has 0 radical (unpaired) electrons. The Kier molecular flexibility index (Phi) is 4.34. The molecule has 0 aliphatic carbocycles. The Hall–Kier alpha value is -2.37. The van der Waals surface area contributed by atoms with Crippen molar-refractivity contribution < 1.29 is 9.13 Å². The molecular formula is C14H17FN4O. The van der Waals surface area contributed by atoms with Crippen LogP contribution in [0.3, 0.4) is 0 Å². The summed E-state index contributed by atoms with van der Waals surface area (Å²) in [4.78, 5) is 9.97. The SMILES string of the molecule is CCOc1ncnc(N(C)Cc2cccc(F)c2)c1N. The van der Waals surface area contributed by atoms with Crippen LogP contribution in [-0.4, -0.2) is 23.6 Å². The molecule has 106 valence electrons. The van der Waals surface area contributed by atoms with Crippen molar-refractivity contribution >= 4 is 11.5 Å². The van der Waals surface area contributed by atoms with Gasteiger partial charge in [0.05, 0.1) is 6.61 Å². The third-order valence-electron chi connectivity index (χ3n) is 2.78. The second kappa shape index (κ2) is 6.18. The molecule has 2 rings (SSSR count). The summed E-state index contributed by atoms with van der Waals surface area (Å²) in [5, 5.41) is 0. The van der Waals surface area contributed by atoms with E-state index in [0.717, 1.165) is 5.56 Å². The number of ether oxygens (including phenoxy) is 1. The first-order chi connectivity index (χ1) is 9.61. The molecule has 0 saturated heterocycles. The van der Waals surface area contributed by atoms with Gasteiger partial charge in [-0.2, -0.15) is 4.98 Å². The van der Waals surface area contributed by atoms with Crippen LogP contribution < -0.4 is 15.4 Å². The van der Waals surface area contributed by atoms with Crippen LogP contribution in [0.5, 0.6) is 5.88 Å². The zero-order chi connectivity index (χ0) is 14.5. The van der Waals surface area contributed by atoms with Crippen molar-refractivity contribution in [2.24, 2.45) is 0 Å². The fourth-order valence-electron chi connectivity index (χ4n) is 1.91. The van der Waals surface area contributed by atoms with Crippen LogP contribution in [0.15, 0.2) is 30.6 Å². The highest BCUT2D eigenvalue weighted by Crippen LogP contribution is 2.27. The van der Waals surface area contributed by atoms with Crippen LogP contribution in [0.2, 0.25) is 0 Å². The standard InChI is InChI=1S/C14H17FN4O/c1-3-20-14-12(16)13(17-9-18-14)19(2)8-10-5-4-6-11(15)7-10/h4-7,9H,3,8,16H2,1-2H3. The Balaban J connectivity index is 2.21. The number of benzene rings is 1. The predicted octanol–water partition coefficient (Wildman–Crippen LogP) is 2.23. The number of nitrogens with zero attached hydrogens (tertiary/aromatic N) is 3. The molecule has 1 aromatic heterocycles.